The number of primary amides is 1. The second-order valence-electron chi connectivity index (χ2n) is 9.13. The number of hydrogen-bond acceptors (Lipinski definition) is 5. The average molecular weight is 463 g/mol. The maximum atomic E-state index is 13.3. The van der Waals surface area contributed by atoms with E-state index in [1.165, 1.54) is 11.9 Å². The summed E-state index contributed by atoms with van der Waals surface area (Å²) in [5.74, 6) is -1.74. The minimum atomic E-state index is -1.28. The molecule has 9 heteroatoms. The average Bonchev–Trinajstić information content (AvgIpc) is 2.68. The van der Waals surface area contributed by atoms with Crippen LogP contribution >= 0.6 is 0 Å². The number of carbonyl (C=O) groups is 4. The molecule has 0 aliphatic carbocycles. The number of benzene rings is 1. The zero-order chi connectivity index (χ0) is 25.2. The summed E-state index contributed by atoms with van der Waals surface area (Å²) in [6, 6.07) is 5.06. The van der Waals surface area contributed by atoms with Crippen LogP contribution in [0.4, 0.5) is 4.79 Å². The molecule has 1 aromatic carbocycles. The number of nitrogens with zero attached hydrogens (tertiary/aromatic N) is 1. The van der Waals surface area contributed by atoms with Crippen LogP contribution in [-0.2, 0) is 19.1 Å². The van der Waals surface area contributed by atoms with E-state index in [9.17, 15) is 19.2 Å². The fourth-order valence-electron chi connectivity index (χ4n) is 3.30. The van der Waals surface area contributed by atoms with Gasteiger partial charge >= 0.3 is 6.09 Å². The van der Waals surface area contributed by atoms with E-state index >= 15 is 0 Å². The van der Waals surface area contributed by atoms with Crippen LogP contribution in [0.2, 0.25) is 0 Å². The van der Waals surface area contributed by atoms with Gasteiger partial charge in [0.2, 0.25) is 17.7 Å². The third-order valence-electron chi connectivity index (χ3n) is 4.82. The molecule has 1 rings (SSSR count). The SMILES string of the molecule is CCCCCNC(=O)C(c1cccc(C)c1)N(C)C(=O)C(CC(N)=O)NC(=O)OC(C)(C)C. The summed E-state index contributed by atoms with van der Waals surface area (Å²) in [7, 11) is 1.46. The van der Waals surface area contributed by atoms with Crippen LogP contribution in [0.5, 0.6) is 0 Å². The van der Waals surface area contributed by atoms with E-state index in [1.54, 1.807) is 32.9 Å². The first-order valence-corrected chi connectivity index (χ1v) is 11.2. The number of ether oxygens (including phenoxy) is 1. The third kappa shape index (κ3) is 9.93. The highest BCUT2D eigenvalue weighted by molar-refractivity contribution is 5.94. The smallest absolute Gasteiger partial charge is 0.408 e. The molecule has 1 aromatic rings. The van der Waals surface area contributed by atoms with Gasteiger partial charge < -0.3 is 26.0 Å². The highest BCUT2D eigenvalue weighted by Gasteiger charge is 2.34. The second kappa shape index (κ2) is 12.8. The van der Waals surface area contributed by atoms with Crippen LogP contribution in [0, 0.1) is 6.92 Å². The Labute approximate surface area is 196 Å². The number of alkyl carbamates (subject to hydrolysis) is 1. The number of likely N-dealkylation sites (N-methyl/N-ethyl adjacent to an activating group) is 1. The predicted octanol–water partition coefficient (Wildman–Crippen LogP) is 2.57. The normalized spacial score (nSPS) is 12.9. The third-order valence-corrected chi connectivity index (χ3v) is 4.82. The summed E-state index contributed by atoms with van der Waals surface area (Å²) >= 11 is 0. The van der Waals surface area contributed by atoms with Crippen LogP contribution in [0.1, 0.15) is 70.5 Å². The number of unbranched alkanes of at least 4 members (excludes halogenated alkanes) is 2. The van der Waals surface area contributed by atoms with Crippen molar-refractivity contribution < 1.29 is 23.9 Å². The summed E-state index contributed by atoms with van der Waals surface area (Å²) in [4.78, 5) is 51.5. The Hall–Kier alpha value is -3.10. The van der Waals surface area contributed by atoms with Crippen molar-refractivity contribution in [2.24, 2.45) is 5.73 Å². The molecule has 0 fully saturated rings. The Morgan fingerprint density at radius 1 is 1.15 bits per heavy atom. The van der Waals surface area contributed by atoms with Crippen molar-refractivity contribution in [1.29, 1.82) is 0 Å². The van der Waals surface area contributed by atoms with E-state index in [1.807, 2.05) is 19.1 Å². The Balaban J connectivity index is 3.17. The molecule has 0 saturated heterocycles. The molecule has 0 spiro atoms. The lowest BCUT2D eigenvalue weighted by Crippen LogP contribution is -2.52. The summed E-state index contributed by atoms with van der Waals surface area (Å²) in [5.41, 5.74) is 6.07. The molecule has 33 heavy (non-hydrogen) atoms. The molecule has 4 amide bonds. The van der Waals surface area contributed by atoms with Gasteiger partial charge in [0.05, 0.1) is 6.42 Å². The fraction of sp³-hybridized carbons (Fsp3) is 0.583. The number of aryl methyl sites for hydroxylation is 1. The largest absolute Gasteiger partial charge is 0.444 e. The van der Waals surface area contributed by atoms with Crippen molar-refractivity contribution >= 4 is 23.8 Å². The molecule has 0 radical (unpaired) electrons. The molecule has 0 saturated carbocycles. The van der Waals surface area contributed by atoms with Gasteiger partial charge in [0, 0.05) is 13.6 Å². The Bertz CT molecular complexity index is 834. The van der Waals surface area contributed by atoms with Gasteiger partial charge in [0.25, 0.3) is 0 Å². The van der Waals surface area contributed by atoms with E-state index in [0.717, 1.165) is 24.8 Å². The quantitative estimate of drug-likeness (QED) is 0.435. The zero-order valence-electron chi connectivity index (χ0n) is 20.6. The first-order chi connectivity index (χ1) is 15.4. The summed E-state index contributed by atoms with van der Waals surface area (Å²) < 4.78 is 5.21. The Morgan fingerprint density at radius 3 is 2.36 bits per heavy atom. The van der Waals surface area contributed by atoms with Gasteiger partial charge in [-0.3, -0.25) is 14.4 Å². The molecule has 2 unspecified atom stereocenters. The number of nitrogens with two attached hydrogens (primary N) is 1. The van der Waals surface area contributed by atoms with E-state index in [-0.39, 0.29) is 5.91 Å². The molecule has 0 aliphatic rings. The maximum Gasteiger partial charge on any atom is 0.408 e. The van der Waals surface area contributed by atoms with Gasteiger partial charge in [0.1, 0.15) is 17.7 Å². The van der Waals surface area contributed by atoms with Gasteiger partial charge in [-0.1, -0.05) is 49.6 Å². The first-order valence-electron chi connectivity index (χ1n) is 11.2. The maximum absolute atomic E-state index is 13.3. The van der Waals surface area contributed by atoms with E-state index in [0.29, 0.717) is 12.1 Å². The molecule has 9 nitrogen and oxygen atoms in total. The monoisotopic (exact) mass is 462 g/mol. The number of hydrogen-bond donors (Lipinski definition) is 3. The number of nitrogens with one attached hydrogen (secondary N) is 2. The number of carbonyl (C=O) groups excluding carboxylic acids is 4. The van der Waals surface area contributed by atoms with E-state index < -0.39 is 42.0 Å². The van der Waals surface area contributed by atoms with Crippen molar-refractivity contribution in [2.75, 3.05) is 13.6 Å². The van der Waals surface area contributed by atoms with Crippen LogP contribution in [0.15, 0.2) is 24.3 Å². The van der Waals surface area contributed by atoms with Gasteiger partial charge in [-0.05, 0) is 39.7 Å². The number of rotatable bonds is 11. The van der Waals surface area contributed by atoms with Crippen molar-refractivity contribution in [2.45, 2.75) is 78.0 Å². The fourth-order valence-corrected chi connectivity index (χ4v) is 3.30. The molecule has 184 valence electrons. The number of amides is 4. The lowest BCUT2D eigenvalue weighted by Gasteiger charge is -2.31. The first kappa shape index (κ1) is 27.9. The second-order valence-corrected chi connectivity index (χ2v) is 9.13. The van der Waals surface area contributed by atoms with Crippen LogP contribution in [0.3, 0.4) is 0 Å². The van der Waals surface area contributed by atoms with Gasteiger partial charge in [-0.25, -0.2) is 4.79 Å². The molecule has 0 bridgehead atoms. The predicted molar refractivity (Wildman–Crippen MR) is 126 cm³/mol. The highest BCUT2D eigenvalue weighted by atomic mass is 16.6. The molecular formula is C24H38N4O5. The summed E-state index contributed by atoms with van der Waals surface area (Å²) in [6.45, 7) is 9.49. The molecule has 0 aromatic heterocycles. The van der Waals surface area contributed by atoms with Crippen molar-refractivity contribution in [3.8, 4) is 0 Å². The Morgan fingerprint density at radius 2 is 1.82 bits per heavy atom. The van der Waals surface area contributed by atoms with Crippen molar-refractivity contribution in [1.82, 2.24) is 15.5 Å². The molecule has 2 atom stereocenters. The standard InChI is InChI=1S/C24H38N4O5/c1-7-8-9-13-26-21(30)20(17-12-10-11-16(2)14-17)28(6)22(31)18(15-19(25)29)27-23(32)33-24(3,4)5/h10-12,14,18,20H,7-9,13,15H2,1-6H3,(H2,25,29)(H,26,30)(H,27,32). The highest BCUT2D eigenvalue weighted by Crippen LogP contribution is 2.22. The lowest BCUT2D eigenvalue weighted by molar-refractivity contribution is -0.141. The minimum absolute atomic E-state index is 0.345. The topological polar surface area (TPSA) is 131 Å². The summed E-state index contributed by atoms with van der Waals surface area (Å²) in [6.07, 6.45) is 1.53. The Kier molecular flexibility index (Phi) is 10.8. The van der Waals surface area contributed by atoms with E-state index in [2.05, 4.69) is 17.6 Å². The molecule has 0 heterocycles. The minimum Gasteiger partial charge on any atom is -0.444 e. The van der Waals surface area contributed by atoms with Gasteiger partial charge in [-0.15, -0.1) is 0 Å². The lowest BCUT2D eigenvalue weighted by atomic mass is 10.0. The van der Waals surface area contributed by atoms with Gasteiger partial charge in [0.15, 0.2) is 0 Å². The van der Waals surface area contributed by atoms with Crippen LogP contribution in [0.25, 0.3) is 0 Å². The van der Waals surface area contributed by atoms with Crippen LogP contribution in [-0.4, -0.2) is 54.0 Å². The zero-order valence-corrected chi connectivity index (χ0v) is 20.6. The molecule has 0 aliphatic heterocycles. The van der Waals surface area contributed by atoms with Crippen molar-refractivity contribution in [3.63, 3.8) is 0 Å². The van der Waals surface area contributed by atoms with Crippen molar-refractivity contribution in [3.05, 3.63) is 35.4 Å². The van der Waals surface area contributed by atoms with E-state index in [4.69, 9.17) is 10.5 Å². The molecule has 4 N–H and O–H groups in total. The molecular weight excluding hydrogens is 424 g/mol. The summed E-state index contributed by atoms with van der Waals surface area (Å²) in [5, 5.41) is 5.30. The van der Waals surface area contributed by atoms with Gasteiger partial charge in [-0.2, -0.15) is 0 Å². The van der Waals surface area contributed by atoms with Crippen LogP contribution < -0.4 is 16.4 Å².